The quantitative estimate of drug-likeness (QED) is 0.131. The minimum atomic E-state index is -0.155. The summed E-state index contributed by atoms with van der Waals surface area (Å²) in [5.41, 5.74) is 15.3. The van der Waals surface area contributed by atoms with E-state index in [9.17, 15) is 0 Å². The number of fused-ring (bicyclic) bond motifs is 18. The molecule has 0 radical (unpaired) electrons. The van der Waals surface area contributed by atoms with E-state index in [4.69, 9.17) is 14.7 Å². The van der Waals surface area contributed by atoms with Crippen molar-refractivity contribution in [2.75, 3.05) is 0 Å². The van der Waals surface area contributed by atoms with E-state index in [0.717, 1.165) is 77.5 Å². The Morgan fingerprint density at radius 1 is 0.531 bits per heavy atom. The van der Waals surface area contributed by atoms with Gasteiger partial charge in [-0.3, -0.25) is 4.98 Å². The fourth-order valence-electron chi connectivity index (χ4n) is 9.91. The van der Waals surface area contributed by atoms with Crippen LogP contribution in [0.1, 0.15) is 52.7 Å². The summed E-state index contributed by atoms with van der Waals surface area (Å²) in [4.78, 5) is 10.6. The molecule has 0 saturated carbocycles. The first-order chi connectivity index (χ1) is 30.5. The first-order valence-corrected chi connectivity index (χ1v) is 21.8. The van der Waals surface area contributed by atoms with Crippen molar-refractivity contribution in [2.45, 2.75) is 52.4 Å². The fraction of sp³-hybridized carbons (Fsp3) is 0.138. The zero-order chi connectivity index (χ0) is 42.8. The van der Waals surface area contributed by atoms with Gasteiger partial charge in [-0.15, -0.1) is 29.7 Å². The summed E-state index contributed by atoms with van der Waals surface area (Å²) in [6.07, 6.45) is 1.91. The van der Waals surface area contributed by atoms with E-state index >= 15 is 0 Å². The van der Waals surface area contributed by atoms with Crippen molar-refractivity contribution in [3.8, 4) is 62.1 Å². The Bertz CT molecular complexity index is 3690. The van der Waals surface area contributed by atoms with Gasteiger partial charge in [0.05, 0.1) is 17.0 Å². The van der Waals surface area contributed by atoms with Crippen molar-refractivity contribution in [3.05, 3.63) is 181 Å². The molecule has 0 unspecified atom stereocenters. The molecular formula is C58H44N4OPt. The number of ether oxygens (including phenoxy) is 1. The van der Waals surface area contributed by atoms with Crippen LogP contribution in [0, 0.1) is 12.1 Å². The molecule has 0 saturated heterocycles. The van der Waals surface area contributed by atoms with Crippen LogP contribution in [0.15, 0.2) is 158 Å². The van der Waals surface area contributed by atoms with Gasteiger partial charge >= 0.3 is 21.1 Å². The monoisotopic (exact) mass is 1010 g/mol. The van der Waals surface area contributed by atoms with Crippen molar-refractivity contribution >= 4 is 49.1 Å². The Balaban J connectivity index is 0.00000456. The second-order valence-corrected chi connectivity index (χ2v) is 18.9. The molecule has 4 heterocycles. The maximum atomic E-state index is 6.80. The predicted octanol–water partition coefficient (Wildman–Crippen LogP) is 15.1. The van der Waals surface area contributed by atoms with Crippen LogP contribution in [0.4, 0.5) is 0 Å². The molecule has 4 aromatic heterocycles. The van der Waals surface area contributed by atoms with Crippen LogP contribution in [-0.4, -0.2) is 18.9 Å². The topological polar surface area (TPSA) is 44.4 Å². The number of imidazole rings is 1. The van der Waals surface area contributed by atoms with Crippen molar-refractivity contribution < 1.29 is 25.8 Å². The molecule has 0 spiro atoms. The van der Waals surface area contributed by atoms with Gasteiger partial charge in [0.1, 0.15) is 5.82 Å². The average molecular weight is 1010 g/mol. The molecule has 1 aliphatic carbocycles. The summed E-state index contributed by atoms with van der Waals surface area (Å²) < 4.78 is 11.4. The summed E-state index contributed by atoms with van der Waals surface area (Å²) >= 11 is 0. The van der Waals surface area contributed by atoms with Gasteiger partial charge in [0.2, 0.25) is 0 Å². The number of aromatic nitrogens is 4. The molecule has 1 aliphatic rings. The van der Waals surface area contributed by atoms with Gasteiger partial charge in [-0.25, -0.2) is 4.98 Å². The molecule has 7 aromatic carbocycles. The van der Waals surface area contributed by atoms with Gasteiger partial charge in [0.25, 0.3) is 0 Å². The van der Waals surface area contributed by atoms with E-state index in [2.05, 4.69) is 202 Å². The third-order valence-corrected chi connectivity index (χ3v) is 12.9. The van der Waals surface area contributed by atoms with Crippen LogP contribution in [0.3, 0.4) is 0 Å². The second-order valence-electron chi connectivity index (χ2n) is 18.9. The van der Waals surface area contributed by atoms with Crippen molar-refractivity contribution in [1.29, 1.82) is 0 Å². The Labute approximate surface area is 387 Å². The van der Waals surface area contributed by atoms with Crippen LogP contribution in [0.5, 0.6) is 11.5 Å². The van der Waals surface area contributed by atoms with Crippen molar-refractivity contribution in [1.82, 2.24) is 18.9 Å². The largest absolute Gasteiger partial charge is 2.00 e. The molecule has 312 valence electrons. The number of benzene rings is 7. The minimum Gasteiger partial charge on any atom is -0.503 e. The van der Waals surface area contributed by atoms with E-state index < -0.39 is 0 Å². The van der Waals surface area contributed by atoms with Crippen LogP contribution >= 0.6 is 0 Å². The summed E-state index contributed by atoms with van der Waals surface area (Å²) in [7, 11) is 0. The molecule has 64 heavy (non-hydrogen) atoms. The van der Waals surface area contributed by atoms with E-state index in [0.29, 0.717) is 11.5 Å². The summed E-state index contributed by atoms with van der Waals surface area (Å²) in [6.45, 7) is 13.6. The van der Waals surface area contributed by atoms with E-state index in [1.165, 1.54) is 33.4 Å². The average Bonchev–Trinajstić information content (AvgIpc) is 3.84. The van der Waals surface area contributed by atoms with Gasteiger partial charge in [-0.05, 0) is 79.2 Å². The zero-order valence-corrected chi connectivity index (χ0v) is 38.8. The van der Waals surface area contributed by atoms with Gasteiger partial charge < -0.3 is 13.7 Å². The number of rotatable bonds is 3. The molecule has 6 heteroatoms. The third kappa shape index (κ3) is 6.09. The number of nitrogens with zero attached hydrogens (tertiary/aromatic N) is 4. The Hall–Kier alpha value is -6.81. The van der Waals surface area contributed by atoms with E-state index in [-0.39, 0.29) is 31.9 Å². The van der Waals surface area contributed by atoms with Crippen molar-refractivity contribution in [2.24, 2.45) is 0 Å². The molecule has 5 nitrogen and oxygen atoms in total. The molecule has 0 bridgehead atoms. The van der Waals surface area contributed by atoms with Gasteiger partial charge in [0.15, 0.2) is 0 Å². The first-order valence-electron chi connectivity index (χ1n) is 21.8. The van der Waals surface area contributed by atoms with Gasteiger partial charge in [-0.2, -0.15) is 6.07 Å². The summed E-state index contributed by atoms with van der Waals surface area (Å²) in [6, 6.07) is 61.5. The molecule has 0 fully saturated rings. The summed E-state index contributed by atoms with van der Waals surface area (Å²) in [5.74, 6) is 2.03. The molecule has 11 aromatic rings. The Morgan fingerprint density at radius 2 is 1.12 bits per heavy atom. The molecular weight excluding hydrogens is 964 g/mol. The second kappa shape index (κ2) is 14.6. The Kier molecular flexibility index (Phi) is 9.14. The molecule has 0 atom stereocenters. The molecule has 0 amide bonds. The van der Waals surface area contributed by atoms with Gasteiger partial charge in [0, 0.05) is 39.9 Å². The van der Waals surface area contributed by atoms with E-state index in [1.807, 2.05) is 18.3 Å². The normalized spacial score (nSPS) is 12.4. The number of pyridine rings is 2. The Morgan fingerprint density at radius 3 is 1.84 bits per heavy atom. The minimum absolute atomic E-state index is 0. The van der Waals surface area contributed by atoms with Gasteiger partial charge in [-0.1, -0.05) is 167 Å². The third-order valence-electron chi connectivity index (χ3n) is 12.9. The number of para-hydroxylation sites is 2. The first kappa shape index (κ1) is 40.0. The fourth-order valence-corrected chi connectivity index (χ4v) is 9.91. The smallest absolute Gasteiger partial charge is 0.503 e. The maximum absolute atomic E-state index is 6.80. The molecule has 0 N–H and O–H groups in total. The maximum Gasteiger partial charge on any atom is 2.00 e. The van der Waals surface area contributed by atoms with Crippen molar-refractivity contribution in [3.63, 3.8) is 0 Å². The van der Waals surface area contributed by atoms with E-state index in [1.54, 1.807) is 0 Å². The summed E-state index contributed by atoms with van der Waals surface area (Å²) in [5, 5.41) is 5.30. The van der Waals surface area contributed by atoms with Crippen LogP contribution < -0.4 is 4.74 Å². The zero-order valence-electron chi connectivity index (χ0n) is 36.5. The SMILES string of the molecule is CC(C)(C)c1ccnc(-n2c3[c-]c(Oc4[c-]c5c(cc4)c4ccccc4n4c6c(nc54)-c4c(cccc4C(C)(C)C)-c4ccccc4-c4ccccc4-6)ccc3c3ccccc32)c1.[Pt+2]. The number of hydrogen-bond acceptors (Lipinski definition) is 3. The molecule has 12 rings (SSSR count). The van der Waals surface area contributed by atoms with Crippen LogP contribution in [0.25, 0.3) is 99.7 Å². The number of hydrogen-bond donors (Lipinski definition) is 0. The van der Waals surface area contributed by atoms with Crippen LogP contribution in [0.2, 0.25) is 0 Å². The van der Waals surface area contributed by atoms with Crippen LogP contribution in [-0.2, 0) is 31.9 Å². The predicted molar refractivity (Wildman–Crippen MR) is 259 cm³/mol. The standard InChI is InChI=1S/C58H44N4O.Pt/c1-57(2,3)35-30-31-59-52(32-35)61-49-24-13-12-20-43(49)44-29-27-37(34-51(44)61)63-36-26-28-41-42-19-11-14-25-50(42)62-55-46-21-10-9-18-40(46)38-16-7-8-17-39(38)45-22-15-23-48(58(4,5)6)53(45)54(55)60-56(62)47(41)33-36;/h7-32H,1-6H3;/q-2;+2. The molecule has 0 aliphatic heterocycles.